The Bertz CT molecular complexity index is 633. The highest BCUT2D eigenvalue weighted by molar-refractivity contribution is 7.81. The number of anilines is 1. The van der Waals surface area contributed by atoms with Crippen molar-refractivity contribution in [2.45, 2.75) is 0 Å². The fraction of sp³-hybridized carbons (Fsp3) is 0. The van der Waals surface area contributed by atoms with Crippen LogP contribution in [0.4, 0.5) is 5.69 Å². The lowest BCUT2D eigenvalue weighted by Crippen LogP contribution is -2.28. The molecule has 3 rings (SSSR count). The normalized spacial score (nSPS) is 13.9. The first-order valence-electron chi connectivity index (χ1n) is 5.42. The van der Waals surface area contributed by atoms with Crippen molar-refractivity contribution in [1.82, 2.24) is 0 Å². The van der Waals surface area contributed by atoms with Gasteiger partial charge in [0.1, 0.15) is 4.99 Å². The molecule has 0 atom stereocenters. The second kappa shape index (κ2) is 4.19. The maximum Gasteiger partial charge on any atom is 0.264 e. The van der Waals surface area contributed by atoms with Crippen LogP contribution >= 0.6 is 23.8 Å². The molecule has 0 unspecified atom stereocenters. The Balaban J connectivity index is 2.16. The first kappa shape index (κ1) is 11.4. The van der Waals surface area contributed by atoms with Gasteiger partial charge in [-0.15, -0.1) is 0 Å². The van der Waals surface area contributed by atoms with Gasteiger partial charge in [-0.2, -0.15) is 0 Å². The van der Waals surface area contributed by atoms with Crippen molar-refractivity contribution in [2.24, 2.45) is 0 Å². The summed E-state index contributed by atoms with van der Waals surface area (Å²) in [4.78, 5) is 14.3. The molecule has 0 aliphatic carbocycles. The van der Waals surface area contributed by atoms with Crippen molar-refractivity contribution in [1.29, 1.82) is 0 Å². The molecule has 0 fully saturated rings. The van der Waals surface area contributed by atoms with Crippen LogP contribution in [0.2, 0.25) is 5.02 Å². The SMILES string of the molecule is O=C1c2ccccc2C(=S)N1c1ccccc1Cl. The number of hydrogen-bond acceptors (Lipinski definition) is 2. The van der Waals surface area contributed by atoms with Crippen LogP contribution in [0.1, 0.15) is 15.9 Å². The molecule has 0 aromatic heterocycles. The van der Waals surface area contributed by atoms with Gasteiger partial charge in [-0.25, -0.2) is 0 Å². The summed E-state index contributed by atoms with van der Waals surface area (Å²) in [5, 5.41) is 0.515. The van der Waals surface area contributed by atoms with E-state index in [0.717, 1.165) is 5.56 Å². The summed E-state index contributed by atoms with van der Waals surface area (Å²) in [5.41, 5.74) is 2.05. The van der Waals surface area contributed by atoms with Crippen molar-refractivity contribution in [3.8, 4) is 0 Å². The number of amides is 1. The number of thiocarbonyl (C=S) groups is 1. The van der Waals surface area contributed by atoms with E-state index in [9.17, 15) is 4.79 Å². The van der Waals surface area contributed by atoms with Gasteiger partial charge >= 0.3 is 0 Å². The zero-order valence-electron chi connectivity index (χ0n) is 9.26. The largest absolute Gasteiger partial charge is 0.268 e. The van der Waals surface area contributed by atoms with Gasteiger partial charge in [0.25, 0.3) is 5.91 Å². The van der Waals surface area contributed by atoms with Gasteiger partial charge in [-0.05, 0) is 18.2 Å². The number of fused-ring (bicyclic) bond motifs is 1. The number of rotatable bonds is 1. The van der Waals surface area contributed by atoms with Gasteiger partial charge < -0.3 is 0 Å². The zero-order valence-corrected chi connectivity index (χ0v) is 10.8. The molecule has 18 heavy (non-hydrogen) atoms. The highest BCUT2D eigenvalue weighted by atomic mass is 35.5. The van der Waals surface area contributed by atoms with Crippen LogP contribution in [0.25, 0.3) is 0 Å². The fourth-order valence-electron chi connectivity index (χ4n) is 2.04. The van der Waals surface area contributed by atoms with E-state index in [4.69, 9.17) is 23.8 Å². The summed E-state index contributed by atoms with van der Waals surface area (Å²) in [7, 11) is 0. The quantitative estimate of drug-likeness (QED) is 0.739. The van der Waals surface area contributed by atoms with Crippen LogP contribution in [0.5, 0.6) is 0 Å². The summed E-state index contributed by atoms with van der Waals surface area (Å²) in [6.45, 7) is 0. The molecule has 1 aliphatic heterocycles. The molecule has 1 amide bonds. The minimum absolute atomic E-state index is 0.122. The lowest BCUT2D eigenvalue weighted by atomic mass is 10.1. The van der Waals surface area contributed by atoms with E-state index in [2.05, 4.69) is 0 Å². The molecular weight excluding hydrogens is 266 g/mol. The molecule has 4 heteroatoms. The highest BCUT2D eigenvalue weighted by Gasteiger charge is 2.33. The molecule has 88 valence electrons. The van der Waals surface area contributed by atoms with Crippen molar-refractivity contribution < 1.29 is 4.79 Å². The molecule has 0 spiro atoms. The van der Waals surface area contributed by atoms with E-state index in [1.54, 1.807) is 18.2 Å². The van der Waals surface area contributed by atoms with Crippen LogP contribution in [0, 0.1) is 0 Å². The van der Waals surface area contributed by atoms with Gasteiger partial charge in [0, 0.05) is 5.56 Å². The molecular formula is C14H8ClNOS. The molecule has 0 bridgehead atoms. The van der Waals surface area contributed by atoms with E-state index in [-0.39, 0.29) is 5.91 Å². The van der Waals surface area contributed by atoms with Crippen molar-refractivity contribution in [3.05, 3.63) is 64.7 Å². The second-order valence-corrected chi connectivity index (χ2v) is 4.74. The van der Waals surface area contributed by atoms with E-state index >= 15 is 0 Å². The summed E-state index contributed by atoms with van der Waals surface area (Å²) in [6, 6.07) is 14.5. The maximum absolute atomic E-state index is 12.3. The average molecular weight is 274 g/mol. The molecule has 1 heterocycles. The number of carbonyl (C=O) groups is 1. The summed E-state index contributed by atoms with van der Waals surface area (Å²) in [6.07, 6.45) is 0. The topological polar surface area (TPSA) is 20.3 Å². The number of carbonyl (C=O) groups excluding carboxylic acids is 1. The summed E-state index contributed by atoms with van der Waals surface area (Å²) >= 11 is 11.5. The summed E-state index contributed by atoms with van der Waals surface area (Å²) < 4.78 is 0. The Labute approximate surface area is 115 Å². The van der Waals surface area contributed by atoms with Gasteiger partial charge in [0.05, 0.1) is 16.3 Å². The Morgan fingerprint density at radius 3 is 2.22 bits per heavy atom. The van der Waals surface area contributed by atoms with Gasteiger partial charge in [-0.1, -0.05) is 54.2 Å². The van der Waals surface area contributed by atoms with Gasteiger partial charge in [-0.3, -0.25) is 9.69 Å². The predicted octanol–water partition coefficient (Wildman–Crippen LogP) is 3.68. The molecule has 2 aromatic carbocycles. The van der Waals surface area contributed by atoms with Crippen molar-refractivity contribution in [3.63, 3.8) is 0 Å². The van der Waals surface area contributed by atoms with Crippen LogP contribution < -0.4 is 4.90 Å². The summed E-state index contributed by atoms with van der Waals surface area (Å²) in [5.74, 6) is -0.122. The molecule has 2 nitrogen and oxygen atoms in total. The molecule has 0 saturated carbocycles. The lowest BCUT2D eigenvalue weighted by Gasteiger charge is -2.17. The monoisotopic (exact) mass is 273 g/mol. The van der Waals surface area contributed by atoms with E-state index < -0.39 is 0 Å². The second-order valence-electron chi connectivity index (χ2n) is 3.94. The lowest BCUT2D eigenvalue weighted by molar-refractivity contribution is 0.101. The maximum atomic E-state index is 12.3. The first-order valence-corrected chi connectivity index (χ1v) is 6.21. The fourth-order valence-corrected chi connectivity index (χ4v) is 2.62. The van der Waals surface area contributed by atoms with E-state index in [1.807, 2.05) is 30.3 Å². The third kappa shape index (κ3) is 1.55. The first-order chi connectivity index (χ1) is 8.70. The minimum atomic E-state index is -0.122. The van der Waals surface area contributed by atoms with Crippen LogP contribution in [0.3, 0.4) is 0 Å². The Morgan fingerprint density at radius 2 is 1.56 bits per heavy atom. The standard InChI is InChI=1S/C14H8ClNOS/c15-11-7-3-4-8-12(11)16-13(17)9-5-1-2-6-10(9)14(16)18/h1-8H. The van der Waals surface area contributed by atoms with Gasteiger partial charge in [0.15, 0.2) is 0 Å². The molecule has 0 radical (unpaired) electrons. The van der Waals surface area contributed by atoms with Crippen LogP contribution in [-0.2, 0) is 0 Å². The van der Waals surface area contributed by atoms with Crippen molar-refractivity contribution >= 4 is 40.4 Å². The number of nitrogens with zero attached hydrogens (tertiary/aromatic N) is 1. The number of benzene rings is 2. The predicted molar refractivity (Wildman–Crippen MR) is 76.4 cm³/mol. The van der Waals surface area contributed by atoms with Crippen LogP contribution in [0.15, 0.2) is 48.5 Å². The number of hydrogen-bond donors (Lipinski definition) is 0. The third-order valence-electron chi connectivity index (χ3n) is 2.89. The Morgan fingerprint density at radius 1 is 0.944 bits per heavy atom. The molecule has 0 N–H and O–H groups in total. The zero-order chi connectivity index (χ0) is 12.7. The highest BCUT2D eigenvalue weighted by Crippen LogP contribution is 2.33. The molecule has 1 aliphatic rings. The number of halogens is 1. The Hall–Kier alpha value is -1.71. The average Bonchev–Trinajstić information content (AvgIpc) is 2.64. The smallest absolute Gasteiger partial charge is 0.264 e. The molecule has 2 aromatic rings. The Kier molecular flexibility index (Phi) is 2.65. The van der Waals surface area contributed by atoms with Crippen molar-refractivity contribution in [2.75, 3.05) is 4.90 Å². The van der Waals surface area contributed by atoms with E-state index in [1.165, 1.54) is 4.90 Å². The molecule has 0 saturated heterocycles. The van der Waals surface area contributed by atoms with E-state index in [0.29, 0.717) is 21.3 Å². The van der Waals surface area contributed by atoms with Gasteiger partial charge in [0.2, 0.25) is 0 Å². The third-order valence-corrected chi connectivity index (χ3v) is 3.61. The number of para-hydroxylation sites is 1. The van der Waals surface area contributed by atoms with Crippen LogP contribution in [-0.4, -0.2) is 10.9 Å². The minimum Gasteiger partial charge on any atom is -0.268 e.